The van der Waals surface area contributed by atoms with E-state index >= 15 is 0 Å². The van der Waals surface area contributed by atoms with Gasteiger partial charge >= 0.3 is 0 Å². The van der Waals surface area contributed by atoms with E-state index in [4.69, 9.17) is 11.0 Å². The van der Waals surface area contributed by atoms with Gasteiger partial charge in [-0.05, 0) is 6.92 Å². The van der Waals surface area contributed by atoms with Gasteiger partial charge in [-0.15, -0.1) is 0 Å². The minimum atomic E-state index is -3.26. The number of rotatable bonds is 2. The quantitative estimate of drug-likeness (QED) is 0.592. The highest BCUT2D eigenvalue weighted by molar-refractivity contribution is 7.91. The van der Waals surface area contributed by atoms with Gasteiger partial charge in [-0.1, -0.05) is 0 Å². The Bertz CT molecular complexity index is 239. The third kappa shape index (κ3) is 2.33. The van der Waals surface area contributed by atoms with Gasteiger partial charge in [-0.25, -0.2) is 8.42 Å². The lowest BCUT2D eigenvalue weighted by Gasteiger charge is -2.09. The Labute approximate surface area is 60.6 Å². The summed E-state index contributed by atoms with van der Waals surface area (Å²) in [6, 6.07) is 1.77. The molecule has 2 unspecified atom stereocenters. The Balaban J connectivity index is 4.42. The number of hydrogen-bond donors (Lipinski definition) is 1. The van der Waals surface area contributed by atoms with E-state index in [2.05, 4.69) is 0 Å². The van der Waals surface area contributed by atoms with Crippen molar-refractivity contribution in [1.29, 1.82) is 5.26 Å². The van der Waals surface area contributed by atoms with E-state index in [1.54, 1.807) is 6.07 Å². The summed E-state index contributed by atoms with van der Waals surface area (Å²) in [4.78, 5) is 0. The highest BCUT2D eigenvalue weighted by atomic mass is 32.2. The van der Waals surface area contributed by atoms with Crippen molar-refractivity contribution in [2.24, 2.45) is 11.7 Å². The van der Waals surface area contributed by atoms with Crippen molar-refractivity contribution in [1.82, 2.24) is 0 Å². The molecule has 0 aliphatic carbocycles. The largest absolute Gasteiger partial charge is 0.314 e. The molecular formula is C5H10N2O2S. The zero-order valence-corrected chi connectivity index (χ0v) is 6.72. The summed E-state index contributed by atoms with van der Waals surface area (Å²) >= 11 is 0. The molecule has 0 aromatic heterocycles. The van der Waals surface area contributed by atoms with Crippen LogP contribution < -0.4 is 5.73 Å². The Morgan fingerprint density at radius 3 is 2.10 bits per heavy atom. The lowest BCUT2D eigenvalue weighted by atomic mass is 10.2. The van der Waals surface area contributed by atoms with Gasteiger partial charge in [0.2, 0.25) is 0 Å². The van der Waals surface area contributed by atoms with Crippen molar-refractivity contribution in [2.75, 3.05) is 6.26 Å². The molecule has 0 saturated carbocycles. The van der Waals surface area contributed by atoms with E-state index < -0.39 is 21.1 Å². The summed E-state index contributed by atoms with van der Waals surface area (Å²) in [7, 11) is -3.26. The van der Waals surface area contributed by atoms with Crippen LogP contribution >= 0.6 is 0 Å². The lowest BCUT2D eigenvalue weighted by Crippen LogP contribution is -2.35. The van der Waals surface area contributed by atoms with Crippen LogP contribution in [0.3, 0.4) is 0 Å². The number of nitriles is 1. The molecule has 4 nitrogen and oxygen atoms in total. The third-order valence-electron chi connectivity index (χ3n) is 1.19. The van der Waals surface area contributed by atoms with Gasteiger partial charge in [0, 0.05) is 6.26 Å². The van der Waals surface area contributed by atoms with Crippen LogP contribution in [0.1, 0.15) is 6.92 Å². The maximum atomic E-state index is 10.7. The SMILES string of the molecule is CC(C#N)C(N)S(C)(=O)=O. The zero-order valence-electron chi connectivity index (χ0n) is 5.90. The van der Waals surface area contributed by atoms with E-state index in [1.807, 2.05) is 0 Å². The minimum absolute atomic E-state index is 0.644. The first-order valence-corrected chi connectivity index (χ1v) is 4.69. The topological polar surface area (TPSA) is 83.9 Å². The predicted molar refractivity (Wildman–Crippen MR) is 37.6 cm³/mol. The average Bonchev–Trinajstić information content (AvgIpc) is 1.83. The maximum absolute atomic E-state index is 10.7. The molecule has 2 N–H and O–H groups in total. The minimum Gasteiger partial charge on any atom is -0.314 e. The molecule has 5 heteroatoms. The van der Waals surface area contributed by atoms with Gasteiger partial charge in [0.1, 0.15) is 5.37 Å². The molecule has 0 aromatic rings. The van der Waals surface area contributed by atoms with Crippen LogP contribution in [-0.2, 0) is 9.84 Å². The summed E-state index contributed by atoms with van der Waals surface area (Å²) < 4.78 is 21.3. The van der Waals surface area contributed by atoms with Crippen molar-refractivity contribution in [2.45, 2.75) is 12.3 Å². The van der Waals surface area contributed by atoms with Gasteiger partial charge in [0.05, 0.1) is 12.0 Å². The van der Waals surface area contributed by atoms with Crippen LogP contribution in [0, 0.1) is 17.2 Å². The summed E-state index contributed by atoms with van der Waals surface area (Å²) in [5.74, 6) is -0.644. The smallest absolute Gasteiger partial charge is 0.164 e. The number of nitrogens with two attached hydrogens (primary N) is 1. The molecule has 0 aliphatic rings. The van der Waals surface area contributed by atoms with Gasteiger partial charge in [0.25, 0.3) is 0 Å². The molecule has 58 valence electrons. The number of sulfone groups is 1. The van der Waals surface area contributed by atoms with Crippen LogP contribution in [0.4, 0.5) is 0 Å². The molecule has 0 spiro atoms. The van der Waals surface area contributed by atoms with Gasteiger partial charge in [-0.2, -0.15) is 5.26 Å². The predicted octanol–water partition coefficient (Wildman–Crippen LogP) is -0.525. The summed E-state index contributed by atoms with van der Waals surface area (Å²) in [5, 5.41) is 7.22. The Morgan fingerprint density at radius 1 is 1.60 bits per heavy atom. The molecule has 0 aromatic carbocycles. The van der Waals surface area contributed by atoms with Crippen LogP contribution in [0.15, 0.2) is 0 Å². The summed E-state index contributed by atoms with van der Waals surface area (Å²) in [6.45, 7) is 1.48. The average molecular weight is 162 g/mol. The Hall–Kier alpha value is -0.600. The number of hydrogen-bond acceptors (Lipinski definition) is 4. The normalized spacial score (nSPS) is 17.4. The van der Waals surface area contributed by atoms with Crippen LogP contribution in [0.5, 0.6) is 0 Å². The van der Waals surface area contributed by atoms with Crippen molar-refractivity contribution in [3.63, 3.8) is 0 Å². The zero-order chi connectivity index (χ0) is 8.36. The molecule has 0 rings (SSSR count). The highest BCUT2D eigenvalue weighted by Crippen LogP contribution is 2.03. The lowest BCUT2D eigenvalue weighted by molar-refractivity contribution is 0.565. The van der Waals surface area contributed by atoms with Gasteiger partial charge in [-0.3, -0.25) is 0 Å². The second kappa shape index (κ2) is 2.99. The van der Waals surface area contributed by atoms with Crippen molar-refractivity contribution < 1.29 is 8.42 Å². The molecule has 0 aliphatic heterocycles. The van der Waals surface area contributed by atoms with Crippen molar-refractivity contribution >= 4 is 9.84 Å². The highest BCUT2D eigenvalue weighted by Gasteiger charge is 2.21. The van der Waals surface area contributed by atoms with E-state index in [9.17, 15) is 8.42 Å². The second-order valence-corrected chi connectivity index (χ2v) is 4.42. The van der Waals surface area contributed by atoms with Gasteiger partial charge < -0.3 is 5.73 Å². The van der Waals surface area contributed by atoms with Crippen LogP contribution in [0.2, 0.25) is 0 Å². The maximum Gasteiger partial charge on any atom is 0.164 e. The van der Waals surface area contributed by atoms with E-state index in [1.165, 1.54) is 6.92 Å². The fourth-order valence-electron chi connectivity index (χ4n) is 0.444. The third-order valence-corrected chi connectivity index (χ3v) is 2.59. The van der Waals surface area contributed by atoms with E-state index in [-0.39, 0.29) is 0 Å². The van der Waals surface area contributed by atoms with Crippen molar-refractivity contribution in [3.8, 4) is 6.07 Å². The molecule has 0 amide bonds. The molecule has 0 saturated heterocycles. The fourth-order valence-corrected chi connectivity index (χ4v) is 1.25. The molecule has 0 fully saturated rings. The molecule has 0 bridgehead atoms. The van der Waals surface area contributed by atoms with Crippen LogP contribution in [-0.4, -0.2) is 20.0 Å². The second-order valence-electron chi connectivity index (χ2n) is 2.21. The summed E-state index contributed by atoms with van der Waals surface area (Å²) in [5.41, 5.74) is 5.19. The number of nitrogens with zero attached hydrogens (tertiary/aromatic N) is 1. The Kier molecular flexibility index (Phi) is 2.81. The molecule has 10 heavy (non-hydrogen) atoms. The first-order valence-electron chi connectivity index (χ1n) is 2.73. The molecule has 2 atom stereocenters. The monoisotopic (exact) mass is 162 g/mol. The first kappa shape index (κ1) is 9.40. The molecule has 0 radical (unpaired) electrons. The molecular weight excluding hydrogens is 152 g/mol. The van der Waals surface area contributed by atoms with Gasteiger partial charge in [0.15, 0.2) is 9.84 Å². The fraction of sp³-hybridized carbons (Fsp3) is 0.800. The molecule has 0 heterocycles. The van der Waals surface area contributed by atoms with Crippen molar-refractivity contribution in [3.05, 3.63) is 0 Å². The van der Waals surface area contributed by atoms with Crippen LogP contribution in [0.25, 0.3) is 0 Å². The van der Waals surface area contributed by atoms with E-state index in [0.717, 1.165) is 6.26 Å². The first-order chi connectivity index (χ1) is 4.39. The van der Waals surface area contributed by atoms with E-state index in [0.29, 0.717) is 0 Å². The summed E-state index contributed by atoms with van der Waals surface area (Å²) in [6.07, 6.45) is 1.02. The standard InChI is InChI=1S/C5H10N2O2S/c1-4(3-6)5(7)10(2,8)9/h4-5H,7H2,1-2H3. The Morgan fingerprint density at radius 2 is 2.00 bits per heavy atom.